The molecule has 12 aromatic rings. The Labute approximate surface area is 370 Å². The van der Waals surface area contributed by atoms with E-state index in [1.165, 1.54) is 86.6 Å². The van der Waals surface area contributed by atoms with E-state index in [2.05, 4.69) is 252 Å². The molecule has 0 fully saturated rings. The van der Waals surface area contributed by atoms with Gasteiger partial charge in [0.1, 0.15) is 0 Å². The molecule has 2 aromatic heterocycles. The largest absolute Gasteiger partial charge is 0.310 e. The number of thiophene rings is 1. The highest BCUT2D eigenvalue weighted by atomic mass is 32.1. The van der Waals surface area contributed by atoms with E-state index in [0.29, 0.717) is 0 Å². The third-order valence-electron chi connectivity index (χ3n) is 12.4. The average molecular weight is 821 g/mol. The molecule has 10 aromatic carbocycles. The van der Waals surface area contributed by atoms with Crippen LogP contribution in [-0.4, -0.2) is 4.57 Å². The van der Waals surface area contributed by atoms with E-state index >= 15 is 0 Å². The molecule has 0 unspecified atom stereocenters. The summed E-state index contributed by atoms with van der Waals surface area (Å²) in [6.45, 7) is 0. The minimum atomic E-state index is 1.09. The van der Waals surface area contributed by atoms with Crippen molar-refractivity contribution in [3.63, 3.8) is 0 Å². The molecule has 63 heavy (non-hydrogen) atoms. The molecule has 0 bridgehead atoms. The standard InChI is InChI=1S/C60H40N2S/c1-4-18-41(19-5-1)43-34-36-56(53(39-43)42-20-6-2-7-21-42)61(46-23-8-3-9-24-46)47-25-16-22-44(38-47)48-26-10-11-27-49(48)45-35-37-57-54(40-45)50-28-12-14-31-55(50)62(57)58-32-17-30-52-51-29-13-15-33-59(51)63-60(52)58/h1-40H. The first-order valence-electron chi connectivity index (χ1n) is 21.5. The molecule has 0 saturated heterocycles. The van der Waals surface area contributed by atoms with Crippen molar-refractivity contribution in [2.24, 2.45) is 0 Å². The summed E-state index contributed by atoms with van der Waals surface area (Å²) in [6.07, 6.45) is 0. The summed E-state index contributed by atoms with van der Waals surface area (Å²) >= 11 is 1.88. The van der Waals surface area contributed by atoms with Gasteiger partial charge in [0, 0.05) is 43.2 Å². The normalized spacial score (nSPS) is 11.5. The Morgan fingerprint density at radius 2 is 0.889 bits per heavy atom. The van der Waals surface area contributed by atoms with Crippen LogP contribution in [0, 0.1) is 0 Å². The zero-order chi connectivity index (χ0) is 41.7. The number of hydrogen-bond donors (Lipinski definition) is 0. The molecule has 0 amide bonds. The van der Waals surface area contributed by atoms with Gasteiger partial charge in [-0.2, -0.15) is 0 Å². The van der Waals surface area contributed by atoms with Gasteiger partial charge in [-0.15, -0.1) is 11.3 Å². The number of hydrogen-bond acceptors (Lipinski definition) is 2. The maximum Gasteiger partial charge on any atom is 0.0640 e. The van der Waals surface area contributed by atoms with E-state index < -0.39 is 0 Å². The molecule has 3 heteroatoms. The number of para-hydroxylation sites is 2. The van der Waals surface area contributed by atoms with Crippen molar-refractivity contribution >= 4 is 70.4 Å². The number of anilines is 3. The molecule has 0 N–H and O–H groups in total. The van der Waals surface area contributed by atoms with Crippen molar-refractivity contribution in [2.45, 2.75) is 0 Å². The molecular formula is C60H40N2S. The van der Waals surface area contributed by atoms with Gasteiger partial charge in [-0.3, -0.25) is 0 Å². The summed E-state index contributed by atoms with van der Waals surface area (Å²) in [5.74, 6) is 0. The van der Waals surface area contributed by atoms with E-state index in [9.17, 15) is 0 Å². The molecule has 12 rings (SSSR count). The van der Waals surface area contributed by atoms with Crippen LogP contribution in [0.5, 0.6) is 0 Å². The van der Waals surface area contributed by atoms with Gasteiger partial charge in [0.25, 0.3) is 0 Å². The first-order chi connectivity index (χ1) is 31.3. The first-order valence-corrected chi connectivity index (χ1v) is 22.3. The molecule has 2 heterocycles. The highest BCUT2D eigenvalue weighted by Crippen LogP contribution is 2.46. The molecule has 2 nitrogen and oxygen atoms in total. The molecular weight excluding hydrogens is 781 g/mol. The van der Waals surface area contributed by atoms with Gasteiger partial charge in [-0.25, -0.2) is 0 Å². The van der Waals surface area contributed by atoms with Crippen molar-refractivity contribution < 1.29 is 0 Å². The van der Waals surface area contributed by atoms with Crippen LogP contribution in [0.4, 0.5) is 17.1 Å². The number of aromatic nitrogens is 1. The molecule has 296 valence electrons. The monoisotopic (exact) mass is 820 g/mol. The van der Waals surface area contributed by atoms with E-state index in [4.69, 9.17) is 0 Å². The molecule has 0 atom stereocenters. The van der Waals surface area contributed by atoms with Gasteiger partial charge >= 0.3 is 0 Å². The number of nitrogens with zero attached hydrogens (tertiary/aromatic N) is 2. The Morgan fingerprint density at radius 3 is 1.68 bits per heavy atom. The fourth-order valence-electron chi connectivity index (χ4n) is 9.50. The van der Waals surface area contributed by atoms with Crippen LogP contribution in [0.25, 0.3) is 92.2 Å². The summed E-state index contributed by atoms with van der Waals surface area (Å²) in [6, 6.07) is 88.3. The van der Waals surface area contributed by atoms with Crippen LogP contribution in [-0.2, 0) is 0 Å². The molecule has 0 radical (unpaired) electrons. The molecule has 0 spiro atoms. The fourth-order valence-corrected chi connectivity index (χ4v) is 10.7. The third-order valence-corrected chi connectivity index (χ3v) is 13.6. The second-order valence-corrected chi connectivity index (χ2v) is 17.1. The lowest BCUT2D eigenvalue weighted by atomic mass is 9.93. The summed E-state index contributed by atoms with van der Waals surface area (Å²) in [4.78, 5) is 2.40. The van der Waals surface area contributed by atoms with Crippen LogP contribution in [0.1, 0.15) is 0 Å². The van der Waals surface area contributed by atoms with Gasteiger partial charge in [0.2, 0.25) is 0 Å². The van der Waals surface area contributed by atoms with E-state index in [1.54, 1.807) is 0 Å². The lowest BCUT2D eigenvalue weighted by Gasteiger charge is -2.29. The fraction of sp³-hybridized carbons (Fsp3) is 0. The summed E-state index contributed by atoms with van der Waals surface area (Å²) in [5, 5.41) is 5.11. The van der Waals surface area contributed by atoms with Crippen molar-refractivity contribution in [3.05, 3.63) is 243 Å². The maximum absolute atomic E-state index is 2.47. The van der Waals surface area contributed by atoms with Crippen LogP contribution in [0.2, 0.25) is 0 Å². The van der Waals surface area contributed by atoms with Crippen molar-refractivity contribution in [1.29, 1.82) is 0 Å². The quantitative estimate of drug-likeness (QED) is 0.148. The molecule has 0 aliphatic rings. The Kier molecular flexibility index (Phi) is 9.06. The minimum Gasteiger partial charge on any atom is -0.310 e. The van der Waals surface area contributed by atoms with Gasteiger partial charge < -0.3 is 9.47 Å². The van der Waals surface area contributed by atoms with Crippen LogP contribution >= 0.6 is 11.3 Å². The van der Waals surface area contributed by atoms with Gasteiger partial charge in [-0.1, -0.05) is 176 Å². The summed E-state index contributed by atoms with van der Waals surface area (Å²) < 4.78 is 5.09. The number of benzene rings is 10. The van der Waals surface area contributed by atoms with Crippen LogP contribution in [0.15, 0.2) is 243 Å². The Hall–Kier alpha value is -7.98. The third kappa shape index (κ3) is 6.41. The molecule has 0 aliphatic carbocycles. The highest BCUT2D eigenvalue weighted by molar-refractivity contribution is 7.26. The van der Waals surface area contributed by atoms with E-state index in [0.717, 1.165) is 22.6 Å². The number of fused-ring (bicyclic) bond motifs is 6. The lowest BCUT2D eigenvalue weighted by molar-refractivity contribution is 1.20. The maximum atomic E-state index is 2.47. The Balaban J connectivity index is 1.000. The second-order valence-electron chi connectivity index (χ2n) is 16.1. The summed E-state index contributed by atoms with van der Waals surface area (Å²) in [5.41, 5.74) is 16.4. The smallest absolute Gasteiger partial charge is 0.0640 e. The molecule has 0 saturated carbocycles. The Morgan fingerprint density at radius 1 is 0.317 bits per heavy atom. The Bertz CT molecular complexity index is 3620. The second kappa shape index (κ2) is 15.5. The first kappa shape index (κ1) is 36.8. The van der Waals surface area contributed by atoms with Gasteiger partial charge in [-0.05, 0) is 106 Å². The predicted octanol–water partition coefficient (Wildman–Crippen LogP) is 17.3. The minimum absolute atomic E-state index is 1.09. The number of rotatable bonds is 8. The highest BCUT2D eigenvalue weighted by Gasteiger charge is 2.21. The van der Waals surface area contributed by atoms with Crippen LogP contribution < -0.4 is 4.90 Å². The topological polar surface area (TPSA) is 8.17 Å². The van der Waals surface area contributed by atoms with Crippen molar-refractivity contribution in [3.8, 4) is 50.2 Å². The SMILES string of the molecule is c1ccc(-c2ccc(N(c3ccccc3)c3cccc(-c4ccccc4-c4ccc5c(c4)c4ccccc4n5-c4cccc5c4sc4ccccc45)c3)c(-c3ccccc3)c2)cc1. The zero-order valence-corrected chi connectivity index (χ0v) is 35.2. The van der Waals surface area contributed by atoms with E-state index in [1.807, 2.05) is 11.3 Å². The molecule has 0 aliphatic heterocycles. The van der Waals surface area contributed by atoms with Gasteiger partial charge in [0.15, 0.2) is 0 Å². The zero-order valence-electron chi connectivity index (χ0n) is 34.4. The predicted molar refractivity (Wildman–Crippen MR) is 270 cm³/mol. The van der Waals surface area contributed by atoms with E-state index in [-0.39, 0.29) is 0 Å². The summed E-state index contributed by atoms with van der Waals surface area (Å²) in [7, 11) is 0. The lowest BCUT2D eigenvalue weighted by Crippen LogP contribution is -2.11. The average Bonchev–Trinajstić information content (AvgIpc) is 3.91. The van der Waals surface area contributed by atoms with Gasteiger partial charge in [0.05, 0.1) is 27.1 Å². The van der Waals surface area contributed by atoms with Crippen molar-refractivity contribution in [2.75, 3.05) is 4.90 Å². The van der Waals surface area contributed by atoms with Crippen LogP contribution in [0.3, 0.4) is 0 Å². The van der Waals surface area contributed by atoms with Crippen molar-refractivity contribution in [1.82, 2.24) is 4.57 Å².